The van der Waals surface area contributed by atoms with Crippen LogP contribution in [0.25, 0.3) is 0 Å². The average Bonchev–Trinajstić information content (AvgIpc) is 3.13. The molecule has 0 radical (unpaired) electrons. The highest BCUT2D eigenvalue weighted by molar-refractivity contribution is 5.78. The van der Waals surface area contributed by atoms with Crippen molar-refractivity contribution in [2.24, 2.45) is 5.92 Å². The second kappa shape index (κ2) is 7.96. The van der Waals surface area contributed by atoms with Crippen LogP contribution in [-0.2, 0) is 16.0 Å². The molecule has 0 saturated carbocycles. The summed E-state index contributed by atoms with van der Waals surface area (Å²) in [6.07, 6.45) is 3.47. The van der Waals surface area contributed by atoms with Crippen LogP contribution in [0.4, 0.5) is 0 Å². The van der Waals surface area contributed by atoms with Gasteiger partial charge in [0.2, 0.25) is 5.91 Å². The van der Waals surface area contributed by atoms with E-state index >= 15 is 0 Å². The number of carboxylic acid groups (broad SMARTS) is 1. The first kappa shape index (κ1) is 17.2. The molecule has 2 aromatic rings. The summed E-state index contributed by atoms with van der Waals surface area (Å²) in [4.78, 5) is 25.5. The van der Waals surface area contributed by atoms with Crippen molar-refractivity contribution >= 4 is 11.9 Å². The van der Waals surface area contributed by atoms with Crippen LogP contribution >= 0.6 is 0 Å². The number of amides is 1. The molecule has 6 heteroatoms. The molecular formula is C19H22N2O4. The van der Waals surface area contributed by atoms with Crippen molar-refractivity contribution in [3.05, 3.63) is 53.9 Å². The number of nitrogens with zero attached hydrogens (tertiary/aromatic N) is 2. The van der Waals surface area contributed by atoms with E-state index in [0.717, 1.165) is 18.4 Å². The zero-order valence-corrected chi connectivity index (χ0v) is 14.0. The minimum atomic E-state index is -0.779. The number of carboxylic acids is 1. The summed E-state index contributed by atoms with van der Waals surface area (Å²) >= 11 is 0. The van der Waals surface area contributed by atoms with E-state index in [1.165, 1.54) is 6.26 Å². The molecule has 0 spiro atoms. The summed E-state index contributed by atoms with van der Waals surface area (Å²) < 4.78 is 4.76. The van der Waals surface area contributed by atoms with E-state index in [0.29, 0.717) is 18.8 Å². The van der Waals surface area contributed by atoms with Gasteiger partial charge in [0.25, 0.3) is 0 Å². The molecule has 1 unspecified atom stereocenters. The third kappa shape index (κ3) is 4.47. The van der Waals surface area contributed by atoms with Crippen LogP contribution in [-0.4, -0.2) is 40.1 Å². The number of piperidine rings is 1. The Bertz CT molecular complexity index is 691. The number of aromatic nitrogens is 1. The molecule has 1 aliphatic rings. The largest absolute Gasteiger partial charge is 0.481 e. The van der Waals surface area contributed by atoms with Crippen LogP contribution in [0.1, 0.15) is 36.4 Å². The molecular weight excluding hydrogens is 320 g/mol. The molecule has 0 aliphatic carbocycles. The molecule has 1 saturated heterocycles. The van der Waals surface area contributed by atoms with Crippen molar-refractivity contribution in [2.45, 2.75) is 31.6 Å². The van der Waals surface area contributed by atoms with Gasteiger partial charge in [-0.15, -0.1) is 0 Å². The smallest absolute Gasteiger partial charge is 0.303 e. The summed E-state index contributed by atoms with van der Waals surface area (Å²) in [7, 11) is 0. The van der Waals surface area contributed by atoms with E-state index < -0.39 is 5.97 Å². The third-order valence-electron chi connectivity index (χ3n) is 4.91. The summed E-state index contributed by atoms with van der Waals surface area (Å²) in [5, 5.41) is 13.1. The first-order chi connectivity index (χ1) is 12.1. The molecule has 132 valence electrons. The van der Waals surface area contributed by atoms with Crippen molar-refractivity contribution in [1.82, 2.24) is 10.1 Å². The van der Waals surface area contributed by atoms with Crippen molar-refractivity contribution in [1.29, 1.82) is 0 Å². The zero-order valence-electron chi connectivity index (χ0n) is 14.0. The van der Waals surface area contributed by atoms with E-state index in [-0.39, 0.29) is 30.6 Å². The molecule has 1 aliphatic heterocycles. The van der Waals surface area contributed by atoms with Crippen LogP contribution in [0.2, 0.25) is 0 Å². The topological polar surface area (TPSA) is 83.6 Å². The Morgan fingerprint density at radius 3 is 2.52 bits per heavy atom. The van der Waals surface area contributed by atoms with Crippen molar-refractivity contribution in [3.8, 4) is 0 Å². The van der Waals surface area contributed by atoms with Crippen molar-refractivity contribution in [2.75, 3.05) is 13.1 Å². The van der Waals surface area contributed by atoms with E-state index in [2.05, 4.69) is 5.16 Å². The minimum absolute atomic E-state index is 0.00788. The predicted octanol–water partition coefficient (Wildman–Crippen LogP) is 2.71. The van der Waals surface area contributed by atoms with E-state index in [1.807, 2.05) is 35.2 Å². The number of carbonyl (C=O) groups excluding carboxylic acids is 1. The van der Waals surface area contributed by atoms with Gasteiger partial charge in [-0.05, 0) is 30.2 Å². The van der Waals surface area contributed by atoms with Crippen molar-refractivity contribution in [3.63, 3.8) is 0 Å². The summed E-state index contributed by atoms with van der Waals surface area (Å²) in [6.45, 7) is 1.31. The maximum Gasteiger partial charge on any atom is 0.303 e. The number of benzene rings is 1. The number of hydrogen-bond acceptors (Lipinski definition) is 4. The van der Waals surface area contributed by atoms with Gasteiger partial charge in [0.1, 0.15) is 6.26 Å². The highest BCUT2D eigenvalue weighted by Crippen LogP contribution is 2.35. The van der Waals surface area contributed by atoms with Crippen LogP contribution in [0.5, 0.6) is 0 Å². The normalized spacial score (nSPS) is 16.6. The van der Waals surface area contributed by atoms with Crippen LogP contribution < -0.4 is 0 Å². The first-order valence-electron chi connectivity index (χ1n) is 8.57. The number of likely N-dealkylation sites (tertiary alicyclic amines) is 1. The number of hydrogen-bond donors (Lipinski definition) is 1. The Morgan fingerprint density at radius 2 is 1.92 bits per heavy atom. The molecule has 1 N–H and O–H groups in total. The molecule has 1 atom stereocenters. The fraction of sp³-hybridized carbons (Fsp3) is 0.421. The molecule has 0 bridgehead atoms. The predicted molar refractivity (Wildman–Crippen MR) is 90.9 cm³/mol. The van der Waals surface area contributed by atoms with Gasteiger partial charge >= 0.3 is 5.97 Å². The lowest BCUT2D eigenvalue weighted by Gasteiger charge is -2.36. The van der Waals surface area contributed by atoms with E-state index in [9.17, 15) is 14.7 Å². The Morgan fingerprint density at radius 1 is 1.20 bits per heavy atom. The van der Waals surface area contributed by atoms with Gasteiger partial charge in [-0.1, -0.05) is 35.5 Å². The highest BCUT2D eigenvalue weighted by atomic mass is 16.5. The molecule has 1 aromatic heterocycles. The molecule has 1 fully saturated rings. The maximum absolute atomic E-state index is 12.3. The molecule has 1 aromatic carbocycles. The summed E-state index contributed by atoms with van der Waals surface area (Å²) in [5.41, 5.74) is 1.71. The molecule has 3 rings (SSSR count). The fourth-order valence-electron chi connectivity index (χ4n) is 3.59. The van der Waals surface area contributed by atoms with Gasteiger partial charge in [0.05, 0.1) is 18.5 Å². The average molecular weight is 342 g/mol. The maximum atomic E-state index is 12.3. The zero-order chi connectivity index (χ0) is 17.6. The SMILES string of the molecule is O=C(O)CC(c1ccccc1)C1CCN(C(=O)Cc2ccon2)CC1. The lowest BCUT2D eigenvalue weighted by molar-refractivity contribution is -0.138. The fourth-order valence-corrected chi connectivity index (χ4v) is 3.59. The quantitative estimate of drug-likeness (QED) is 0.872. The Balaban J connectivity index is 1.61. The summed E-state index contributed by atoms with van der Waals surface area (Å²) in [6, 6.07) is 11.5. The van der Waals surface area contributed by atoms with Gasteiger partial charge in [-0.3, -0.25) is 9.59 Å². The Labute approximate surface area is 146 Å². The van der Waals surface area contributed by atoms with Gasteiger partial charge in [-0.25, -0.2) is 0 Å². The Hall–Kier alpha value is -2.63. The van der Waals surface area contributed by atoms with Gasteiger partial charge in [-0.2, -0.15) is 0 Å². The molecule has 1 amide bonds. The van der Waals surface area contributed by atoms with Gasteiger partial charge in [0.15, 0.2) is 0 Å². The number of aliphatic carboxylic acids is 1. The van der Waals surface area contributed by atoms with E-state index in [1.54, 1.807) is 6.07 Å². The molecule has 2 heterocycles. The first-order valence-corrected chi connectivity index (χ1v) is 8.57. The van der Waals surface area contributed by atoms with Gasteiger partial charge in [0, 0.05) is 19.2 Å². The molecule has 25 heavy (non-hydrogen) atoms. The van der Waals surface area contributed by atoms with Gasteiger partial charge < -0.3 is 14.5 Å². The molecule has 6 nitrogen and oxygen atoms in total. The second-order valence-corrected chi connectivity index (χ2v) is 6.50. The van der Waals surface area contributed by atoms with E-state index in [4.69, 9.17) is 4.52 Å². The lowest BCUT2D eigenvalue weighted by atomic mass is 9.78. The van der Waals surface area contributed by atoms with Crippen molar-refractivity contribution < 1.29 is 19.2 Å². The minimum Gasteiger partial charge on any atom is -0.481 e. The lowest BCUT2D eigenvalue weighted by Crippen LogP contribution is -2.40. The number of carbonyl (C=O) groups is 2. The van der Waals surface area contributed by atoms with Crippen LogP contribution in [0, 0.1) is 5.92 Å². The summed E-state index contributed by atoms with van der Waals surface area (Å²) in [5.74, 6) is -0.471. The third-order valence-corrected chi connectivity index (χ3v) is 4.91. The standard InChI is InChI=1S/C19H22N2O4/c22-18(12-16-8-11-25-20-16)21-9-6-15(7-10-21)17(13-19(23)24)14-4-2-1-3-5-14/h1-5,8,11,15,17H,6-7,9-10,12-13H2,(H,23,24). The second-order valence-electron chi connectivity index (χ2n) is 6.50. The highest BCUT2D eigenvalue weighted by Gasteiger charge is 2.30. The van der Waals surface area contributed by atoms with Crippen LogP contribution in [0.3, 0.4) is 0 Å². The Kier molecular flexibility index (Phi) is 5.48. The van der Waals surface area contributed by atoms with Crippen LogP contribution in [0.15, 0.2) is 47.2 Å². The number of rotatable bonds is 6. The monoisotopic (exact) mass is 342 g/mol.